The van der Waals surface area contributed by atoms with E-state index in [1.807, 2.05) is 30.3 Å². The lowest BCUT2D eigenvalue weighted by molar-refractivity contribution is -0.336. The van der Waals surface area contributed by atoms with Gasteiger partial charge in [-0.25, -0.2) is 9.59 Å². The van der Waals surface area contributed by atoms with Crippen molar-refractivity contribution in [2.75, 3.05) is 0 Å². The zero-order valence-electron chi connectivity index (χ0n) is 26.4. The fraction of sp³-hybridized carbons (Fsp3) is 0.486. The van der Waals surface area contributed by atoms with E-state index < -0.39 is 76.4 Å². The summed E-state index contributed by atoms with van der Waals surface area (Å²) in [6.45, 7) is 9.25. The molecule has 0 unspecified atom stereocenters. The molecule has 3 aliphatic rings. The average molecular weight is 621 g/mol. The Balaban J connectivity index is 1.71. The van der Waals surface area contributed by atoms with Gasteiger partial charge in [-0.2, -0.15) is 0 Å². The Hall–Kier alpha value is -4.02. The van der Waals surface area contributed by atoms with E-state index in [4.69, 9.17) is 23.7 Å². The molecule has 1 saturated heterocycles. The Kier molecular flexibility index (Phi) is 8.44. The molecule has 3 fully saturated rings. The van der Waals surface area contributed by atoms with Crippen molar-refractivity contribution in [2.24, 2.45) is 11.3 Å². The molecule has 0 amide bonds. The van der Waals surface area contributed by atoms with Crippen molar-refractivity contribution in [3.8, 4) is 0 Å². The number of carbonyl (C=O) groups excluding carboxylic acids is 4. The minimum atomic E-state index is -1.75. The van der Waals surface area contributed by atoms with Crippen LogP contribution in [-0.4, -0.2) is 70.2 Å². The first-order chi connectivity index (χ1) is 21.1. The average Bonchev–Trinajstić information content (AvgIpc) is 3.18. The van der Waals surface area contributed by atoms with Gasteiger partial charge in [0.05, 0.1) is 28.1 Å². The molecule has 10 heteroatoms. The smallest absolute Gasteiger partial charge is 0.338 e. The number of aliphatic hydroxyl groups is 1. The molecule has 1 heterocycles. The summed E-state index contributed by atoms with van der Waals surface area (Å²) in [5, 5.41) is 12.2. The Morgan fingerprint density at radius 1 is 0.822 bits per heavy atom. The molecule has 45 heavy (non-hydrogen) atoms. The number of rotatable bonds is 7. The van der Waals surface area contributed by atoms with Crippen LogP contribution in [0.25, 0.3) is 6.08 Å². The summed E-state index contributed by atoms with van der Waals surface area (Å²) in [4.78, 5) is 52.4. The van der Waals surface area contributed by atoms with Crippen LogP contribution in [0.15, 0.2) is 66.7 Å². The van der Waals surface area contributed by atoms with E-state index >= 15 is 0 Å². The van der Waals surface area contributed by atoms with Crippen molar-refractivity contribution in [3.63, 3.8) is 0 Å². The van der Waals surface area contributed by atoms with Crippen molar-refractivity contribution < 1.29 is 48.0 Å². The zero-order valence-corrected chi connectivity index (χ0v) is 26.4. The lowest BCUT2D eigenvalue weighted by atomic mass is 9.47. The Bertz CT molecular complexity index is 1480. The summed E-state index contributed by atoms with van der Waals surface area (Å²) >= 11 is 0. The van der Waals surface area contributed by atoms with Gasteiger partial charge in [0.2, 0.25) is 0 Å². The monoisotopic (exact) mass is 620 g/mol. The highest BCUT2D eigenvalue weighted by atomic mass is 16.6. The number of benzene rings is 2. The summed E-state index contributed by atoms with van der Waals surface area (Å²) in [6, 6.07) is 17.5. The van der Waals surface area contributed by atoms with E-state index in [1.54, 1.807) is 64.1 Å². The first kappa shape index (κ1) is 32.4. The SMILES string of the molecule is CC(=O)O[C@H]1CC[C@](C)(O)[C@]23OC(C)(C)[C@H]([C@H](OC(=O)/C=C/c4ccccc4)[C@H](OC(=O)c4ccccc4)[C@]12C)[C@H]3OC(C)=O. The summed E-state index contributed by atoms with van der Waals surface area (Å²) in [5.41, 5.74) is -5.18. The van der Waals surface area contributed by atoms with Crippen LogP contribution in [0.2, 0.25) is 0 Å². The first-order valence-corrected chi connectivity index (χ1v) is 15.1. The van der Waals surface area contributed by atoms with E-state index in [0.29, 0.717) is 0 Å². The number of ether oxygens (including phenoxy) is 5. The molecule has 0 aromatic heterocycles. The quantitative estimate of drug-likeness (QED) is 0.269. The molecule has 8 atom stereocenters. The van der Waals surface area contributed by atoms with Crippen LogP contribution >= 0.6 is 0 Å². The van der Waals surface area contributed by atoms with Crippen LogP contribution in [0.3, 0.4) is 0 Å². The highest BCUT2D eigenvalue weighted by Gasteiger charge is 2.85. The topological polar surface area (TPSA) is 135 Å². The normalized spacial score (nSPS) is 34.8. The third-order valence-corrected chi connectivity index (χ3v) is 9.67. The van der Waals surface area contributed by atoms with Gasteiger partial charge in [-0.05, 0) is 64.3 Å². The molecule has 240 valence electrons. The second-order valence-electron chi connectivity index (χ2n) is 13.0. The van der Waals surface area contributed by atoms with Crippen LogP contribution in [0.1, 0.15) is 70.3 Å². The standard InChI is InChI=1S/C35H40O10/c1-21(36)41-25-19-20-33(5,40)35-29(42-22(2)37)27(32(3,4)45-35)28(43-26(38)18-17-23-13-9-7-10-14-23)30(34(25,35)6)44-31(39)24-15-11-8-12-16-24/h7-18,25,27-30,40H,19-20H2,1-6H3/b18-17+/t25-,27+,28-,29+,30-,33-,34-,35-/m0/s1. The lowest BCUT2D eigenvalue weighted by Gasteiger charge is -2.65. The van der Waals surface area contributed by atoms with Crippen LogP contribution in [0, 0.1) is 11.3 Å². The highest BCUT2D eigenvalue weighted by molar-refractivity contribution is 5.90. The van der Waals surface area contributed by atoms with E-state index in [0.717, 1.165) is 5.56 Å². The van der Waals surface area contributed by atoms with Gasteiger partial charge in [0.1, 0.15) is 23.9 Å². The van der Waals surface area contributed by atoms with E-state index in [-0.39, 0.29) is 18.4 Å². The molecular weight excluding hydrogens is 580 g/mol. The molecule has 2 saturated carbocycles. The Morgan fingerprint density at radius 2 is 1.42 bits per heavy atom. The van der Waals surface area contributed by atoms with Crippen molar-refractivity contribution in [1.82, 2.24) is 0 Å². The van der Waals surface area contributed by atoms with E-state index in [1.165, 1.54) is 19.9 Å². The maximum atomic E-state index is 13.7. The molecule has 2 aliphatic carbocycles. The first-order valence-electron chi connectivity index (χ1n) is 15.1. The number of carbonyl (C=O) groups is 4. The van der Waals surface area contributed by atoms with Gasteiger partial charge in [0.25, 0.3) is 0 Å². The number of esters is 4. The molecule has 10 nitrogen and oxygen atoms in total. The van der Waals surface area contributed by atoms with Gasteiger partial charge in [0.15, 0.2) is 6.10 Å². The minimum Gasteiger partial charge on any atom is -0.462 e. The molecule has 1 spiro atoms. The van der Waals surface area contributed by atoms with Crippen molar-refractivity contribution in [1.29, 1.82) is 0 Å². The number of hydrogen-bond donors (Lipinski definition) is 1. The molecule has 2 bridgehead atoms. The zero-order chi connectivity index (χ0) is 32.8. The predicted octanol–water partition coefficient (Wildman–Crippen LogP) is 4.43. The molecule has 0 radical (unpaired) electrons. The Morgan fingerprint density at radius 3 is 2.02 bits per heavy atom. The van der Waals surface area contributed by atoms with Crippen LogP contribution in [0.5, 0.6) is 0 Å². The summed E-state index contributed by atoms with van der Waals surface area (Å²) < 4.78 is 31.2. The lowest BCUT2D eigenvalue weighted by Crippen LogP contribution is -2.81. The van der Waals surface area contributed by atoms with Crippen LogP contribution in [-0.2, 0) is 38.1 Å². The molecular formula is C35H40O10. The summed E-state index contributed by atoms with van der Waals surface area (Å²) in [5.74, 6) is -3.61. The van der Waals surface area contributed by atoms with Gasteiger partial charge in [-0.15, -0.1) is 0 Å². The van der Waals surface area contributed by atoms with E-state index in [2.05, 4.69) is 0 Å². The predicted molar refractivity (Wildman–Crippen MR) is 161 cm³/mol. The van der Waals surface area contributed by atoms with Crippen LogP contribution < -0.4 is 0 Å². The van der Waals surface area contributed by atoms with Crippen molar-refractivity contribution in [3.05, 3.63) is 77.9 Å². The van der Waals surface area contributed by atoms with Gasteiger partial charge in [0, 0.05) is 19.9 Å². The van der Waals surface area contributed by atoms with Gasteiger partial charge in [-0.3, -0.25) is 9.59 Å². The van der Waals surface area contributed by atoms with Gasteiger partial charge < -0.3 is 28.8 Å². The largest absolute Gasteiger partial charge is 0.462 e. The minimum absolute atomic E-state index is 0.116. The molecule has 2 aromatic carbocycles. The molecule has 5 rings (SSSR count). The number of hydrogen-bond acceptors (Lipinski definition) is 10. The van der Waals surface area contributed by atoms with Crippen molar-refractivity contribution >= 4 is 30.0 Å². The number of fused-ring (bicyclic) bond motifs is 1. The second-order valence-corrected chi connectivity index (χ2v) is 13.0. The molecule has 2 aromatic rings. The van der Waals surface area contributed by atoms with Gasteiger partial charge >= 0.3 is 23.9 Å². The fourth-order valence-electron chi connectivity index (χ4n) is 7.90. The van der Waals surface area contributed by atoms with Crippen molar-refractivity contribution in [2.45, 2.75) is 95.6 Å². The second kappa shape index (κ2) is 11.7. The third kappa shape index (κ3) is 5.44. The maximum Gasteiger partial charge on any atom is 0.338 e. The molecule has 1 N–H and O–H groups in total. The summed E-state index contributed by atoms with van der Waals surface area (Å²) in [7, 11) is 0. The summed E-state index contributed by atoms with van der Waals surface area (Å²) in [6.07, 6.45) is -1.59. The Labute approximate surface area is 262 Å². The third-order valence-electron chi connectivity index (χ3n) is 9.67. The van der Waals surface area contributed by atoms with Gasteiger partial charge in [-0.1, -0.05) is 48.5 Å². The maximum absolute atomic E-state index is 13.7. The fourth-order valence-corrected chi connectivity index (χ4v) is 7.90. The highest BCUT2D eigenvalue weighted by Crippen LogP contribution is 2.69. The molecule has 1 aliphatic heterocycles. The van der Waals surface area contributed by atoms with Crippen LogP contribution in [0.4, 0.5) is 0 Å². The van der Waals surface area contributed by atoms with E-state index in [9.17, 15) is 24.3 Å².